The van der Waals surface area contributed by atoms with E-state index in [-0.39, 0.29) is 0 Å². The van der Waals surface area contributed by atoms with Crippen LogP contribution in [0.5, 0.6) is 0 Å². The lowest BCUT2D eigenvalue weighted by atomic mass is 10.2. The van der Waals surface area contributed by atoms with Crippen molar-refractivity contribution in [2.24, 2.45) is 4.99 Å². The molecule has 1 aromatic rings. The lowest BCUT2D eigenvalue weighted by Crippen LogP contribution is -1.74. The van der Waals surface area contributed by atoms with E-state index >= 15 is 0 Å². The smallest absolute Gasteiger partial charge is 0.211 e. The Morgan fingerprint density at radius 2 is 2.27 bits per heavy atom. The lowest BCUT2D eigenvalue weighted by Gasteiger charge is -1.98. The second kappa shape index (κ2) is 3.46. The molecule has 0 aromatic heterocycles. The van der Waals surface area contributed by atoms with Crippen LogP contribution in [0.25, 0.3) is 0 Å². The van der Waals surface area contributed by atoms with Gasteiger partial charge in [0.05, 0.1) is 5.69 Å². The normalized spacial score (nSPS) is 8.91. The number of aliphatic imine (C=N–C) groups is 1. The van der Waals surface area contributed by atoms with Crippen molar-refractivity contribution in [3.8, 4) is 0 Å². The SMILES string of the molecule is Cc1cccc(Br)c1N=C=O. The molecule has 1 rings (SSSR count). The summed E-state index contributed by atoms with van der Waals surface area (Å²) < 4.78 is 0.820. The molecule has 0 saturated carbocycles. The van der Waals surface area contributed by atoms with Crippen LogP contribution in [0.3, 0.4) is 0 Å². The molecule has 2 nitrogen and oxygen atoms in total. The zero-order valence-electron chi connectivity index (χ0n) is 5.97. The molecular weight excluding hydrogens is 206 g/mol. The van der Waals surface area contributed by atoms with E-state index in [0.29, 0.717) is 5.69 Å². The van der Waals surface area contributed by atoms with Gasteiger partial charge < -0.3 is 0 Å². The summed E-state index contributed by atoms with van der Waals surface area (Å²) in [5.74, 6) is 0. The van der Waals surface area contributed by atoms with Crippen molar-refractivity contribution in [1.29, 1.82) is 0 Å². The summed E-state index contributed by atoms with van der Waals surface area (Å²) in [6.45, 7) is 1.89. The predicted molar refractivity (Wildman–Crippen MR) is 46.7 cm³/mol. The number of carbonyl (C=O) groups excluding carboxylic acids is 1. The summed E-state index contributed by atoms with van der Waals surface area (Å²) in [6, 6.07) is 5.62. The molecule has 0 atom stereocenters. The van der Waals surface area contributed by atoms with Crippen molar-refractivity contribution < 1.29 is 4.79 Å². The largest absolute Gasteiger partial charge is 0.240 e. The molecule has 1 aromatic carbocycles. The number of hydrogen-bond donors (Lipinski definition) is 0. The van der Waals surface area contributed by atoms with Crippen molar-refractivity contribution in [2.75, 3.05) is 0 Å². The maximum Gasteiger partial charge on any atom is 0.240 e. The van der Waals surface area contributed by atoms with E-state index in [9.17, 15) is 4.79 Å². The molecule has 0 amide bonds. The Morgan fingerprint density at radius 1 is 1.55 bits per heavy atom. The summed E-state index contributed by atoms with van der Waals surface area (Å²) in [5, 5.41) is 0. The van der Waals surface area contributed by atoms with E-state index in [4.69, 9.17) is 0 Å². The van der Waals surface area contributed by atoms with E-state index in [2.05, 4.69) is 20.9 Å². The van der Waals surface area contributed by atoms with Crippen LogP contribution < -0.4 is 0 Å². The monoisotopic (exact) mass is 211 g/mol. The Hall–Kier alpha value is -0.920. The molecule has 3 heteroatoms. The van der Waals surface area contributed by atoms with Gasteiger partial charge in [-0.3, -0.25) is 0 Å². The molecular formula is C8H6BrNO. The van der Waals surface area contributed by atoms with Crippen LogP contribution in [0.15, 0.2) is 27.7 Å². The highest BCUT2D eigenvalue weighted by molar-refractivity contribution is 9.10. The fraction of sp³-hybridized carbons (Fsp3) is 0.125. The van der Waals surface area contributed by atoms with Gasteiger partial charge in [-0.1, -0.05) is 12.1 Å². The molecule has 0 bridgehead atoms. The molecule has 0 aliphatic heterocycles. The fourth-order valence-corrected chi connectivity index (χ4v) is 1.36. The molecule has 11 heavy (non-hydrogen) atoms. The molecule has 0 unspecified atom stereocenters. The van der Waals surface area contributed by atoms with Gasteiger partial charge in [0.15, 0.2) is 0 Å². The molecule has 0 N–H and O–H groups in total. The van der Waals surface area contributed by atoms with Crippen LogP contribution in [-0.2, 0) is 4.79 Å². The quantitative estimate of drug-likeness (QED) is 0.519. The Balaban J connectivity index is 3.31. The molecule has 0 fully saturated rings. The second-order valence-corrected chi connectivity index (χ2v) is 2.96. The molecule has 0 saturated heterocycles. The maximum atomic E-state index is 9.97. The third-order valence-corrected chi connectivity index (χ3v) is 1.99. The summed E-state index contributed by atoms with van der Waals surface area (Å²) in [5.41, 5.74) is 1.62. The van der Waals surface area contributed by atoms with Gasteiger partial charge in [-0.05, 0) is 34.5 Å². The maximum absolute atomic E-state index is 9.97. The second-order valence-electron chi connectivity index (χ2n) is 2.11. The van der Waals surface area contributed by atoms with Gasteiger partial charge in [0, 0.05) is 4.47 Å². The topological polar surface area (TPSA) is 29.4 Å². The van der Waals surface area contributed by atoms with Crippen LogP contribution in [0.1, 0.15) is 5.56 Å². The number of isocyanates is 1. The van der Waals surface area contributed by atoms with Crippen LogP contribution >= 0.6 is 15.9 Å². The standard InChI is InChI=1S/C8H6BrNO/c1-6-3-2-4-7(9)8(6)10-5-11/h2-4H,1H3. The van der Waals surface area contributed by atoms with Crippen molar-refractivity contribution >= 4 is 27.7 Å². The summed E-state index contributed by atoms with van der Waals surface area (Å²) >= 11 is 3.28. The van der Waals surface area contributed by atoms with E-state index in [0.717, 1.165) is 10.0 Å². The molecule has 0 aliphatic rings. The first-order valence-corrected chi connectivity index (χ1v) is 3.88. The zero-order valence-corrected chi connectivity index (χ0v) is 7.55. The minimum absolute atomic E-state index is 0.655. The number of benzene rings is 1. The number of hydrogen-bond acceptors (Lipinski definition) is 2. The molecule has 56 valence electrons. The fourth-order valence-electron chi connectivity index (χ4n) is 0.810. The lowest BCUT2D eigenvalue weighted by molar-refractivity contribution is 0.565. The average Bonchev–Trinajstić information content (AvgIpc) is 1.97. The Bertz CT molecular complexity index is 296. The van der Waals surface area contributed by atoms with Gasteiger partial charge in [-0.25, -0.2) is 4.79 Å². The van der Waals surface area contributed by atoms with E-state index in [1.165, 1.54) is 6.08 Å². The third kappa shape index (κ3) is 1.76. The van der Waals surface area contributed by atoms with Crippen molar-refractivity contribution in [3.05, 3.63) is 28.2 Å². The van der Waals surface area contributed by atoms with Crippen molar-refractivity contribution in [2.45, 2.75) is 6.92 Å². The number of halogens is 1. The number of aryl methyl sites for hydroxylation is 1. The van der Waals surface area contributed by atoms with E-state index in [1.807, 2.05) is 25.1 Å². The summed E-state index contributed by atoms with van der Waals surface area (Å²) in [7, 11) is 0. The van der Waals surface area contributed by atoms with Crippen molar-refractivity contribution in [3.63, 3.8) is 0 Å². The third-order valence-electron chi connectivity index (χ3n) is 1.35. The highest BCUT2D eigenvalue weighted by Gasteiger charge is 1.99. The Kier molecular flexibility index (Phi) is 2.58. The molecule has 0 aliphatic carbocycles. The van der Waals surface area contributed by atoms with Crippen LogP contribution in [0.4, 0.5) is 5.69 Å². The Morgan fingerprint density at radius 3 is 2.82 bits per heavy atom. The highest BCUT2D eigenvalue weighted by Crippen LogP contribution is 2.27. The molecule has 0 spiro atoms. The van der Waals surface area contributed by atoms with Crippen LogP contribution in [0, 0.1) is 6.92 Å². The van der Waals surface area contributed by atoms with Crippen molar-refractivity contribution in [1.82, 2.24) is 0 Å². The Labute approximate surface area is 73.1 Å². The van der Waals surface area contributed by atoms with Gasteiger partial charge in [-0.2, -0.15) is 4.99 Å². The van der Waals surface area contributed by atoms with Gasteiger partial charge in [0.25, 0.3) is 0 Å². The van der Waals surface area contributed by atoms with E-state index in [1.54, 1.807) is 0 Å². The first kappa shape index (κ1) is 8.18. The minimum atomic E-state index is 0.655. The summed E-state index contributed by atoms with van der Waals surface area (Å²) in [6.07, 6.45) is 1.51. The number of nitrogens with zero attached hydrogens (tertiary/aromatic N) is 1. The van der Waals surface area contributed by atoms with E-state index < -0.39 is 0 Å². The zero-order chi connectivity index (χ0) is 8.27. The van der Waals surface area contributed by atoms with Gasteiger partial charge in [-0.15, -0.1) is 0 Å². The molecule has 0 radical (unpaired) electrons. The minimum Gasteiger partial charge on any atom is -0.211 e. The summed E-state index contributed by atoms with van der Waals surface area (Å²) in [4.78, 5) is 13.5. The molecule has 0 heterocycles. The van der Waals surface area contributed by atoms with Crippen LogP contribution in [0.2, 0.25) is 0 Å². The first-order valence-electron chi connectivity index (χ1n) is 3.08. The first-order chi connectivity index (χ1) is 5.25. The van der Waals surface area contributed by atoms with Gasteiger partial charge in [0.1, 0.15) is 0 Å². The van der Waals surface area contributed by atoms with Crippen LogP contribution in [-0.4, -0.2) is 6.08 Å². The van der Waals surface area contributed by atoms with Gasteiger partial charge >= 0.3 is 0 Å². The number of rotatable bonds is 1. The van der Waals surface area contributed by atoms with Gasteiger partial charge in [0.2, 0.25) is 6.08 Å². The number of para-hydroxylation sites is 1. The predicted octanol–water partition coefficient (Wildman–Crippen LogP) is 2.72. The highest BCUT2D eigenvalue weighted by atomic mass is 79.9. The average molecular weight is 212 g/mol.